The molecule has 2 N–H and O–H groups in total. The predicted molar refractivity (Wildman–Crippen MR) is 93.9 cm³/mol. The van der Waals surface area contributed by atoms with E-state index in [1.807, 2.05) is 6.07 Å². The number of nitrogens with one attached hydrogen (secondary N) is 2. The molecule has 1 aromatic heterocycles. The lowest BCUT2D eigenvalue weighted by molar-refractivity contribution is 0.174. The Hall–Kier alpha value is -2.46. The maximum Gasteiger partial charge on any atom is 0.231 e. The van der Waals surface area contributed by atoms with Gasteiger partial charge in [-0.2, -0.15) is 0 Å². The lowest BCUT2D eigenvalue weighted by atomic mass is 9.93. The summed E-state index contributed by atoms with van der Waals surface area (Å²) in [5.74, 6) is 1.67. The van der Waals surface area contributed by atoms with Crippen molar-refractivity contribution in [2.75, 3.05) is 13.3 Å². The number of hydrogen-bond acceptors (Lipinski definition) is 3. The zero-order valence-corrected chi connectivity index (χ0v) is 13.9. The van der Waals surface area contributed by atoms with Crippen molar-refractivity contribution in [1.82, 2.24) is 10.3 Å². The van der Waals surface area contributed by atoms with E-state index in [1.165, 1.54) is 38.9 Å². The van der Waals surface area contributed by atoms with Crippen LogP contribution in [0.5, 0.6) is 11.5 Å². The summed E-state index contributed by atoms with van der Waals surface area (Å²) in [7, 11) is 0. The van der Waals surface area contributed by atoms with Crippen molar-refractivity contribution in [3.63, 3.8) is 0 Å². The van der Waals surface area contributed by atoms with E-state index in [0.717, 1.165) is 24.5 Å². The molecule has 1 atom stereocenters. The summed E-state index contributed by atoms with van der Waals surface area (Å²) in [6, 6.07) is 10.9. The molecule has 0 saturated carbocycles. The van der Waals surface area contributed by atoms with Crippen molar-refractivity contribution in [2.24, 2.45) is 0 Å². The first kappa shape index (κ1) is 13.9. The van der Waals surface area contributed by atoms with E-state index >= 15 is 0 Å². The van der Waals surface area contributed by atoms with Gasteiger partial charge in [-0.05, 0) is 60.7 Å². The first-order valence-corrected chi connectivity index (χ1v) is 8.45. The van der Waals surface area contributed by atoms with Crippen LogP contribution in [0.15, 0.2) is 30.3 Å². The van der Waals surface area contributed by atoms with E-state index in [1.54, 1.807) is 0 Å². The second-order valence-corrected chi connectivity index (χ2v) is 6.77. The van der Waals surface area contributed by atoms with Gasteiger partial charge in [0.2, 0.25) is 6.79 Å². The highest BCUT2D eigenvalue weighted by Gasteiger charge is 2.27. The number of aromatic nitrogens is 1. The lowest BCUT2D eigenvalue weighted by Gasteiger charge is -2.25. The molecule has 5 rings (SSSR count). The Labute approximate surface area is 140 Å². The maximum atomic E-state index is 5.55. The van der Waals surface area contributed by atoms with Crippen LogP contribution in [0.2, 0.25) is 0 Å². The molecule has 2 aromatic carbocycles. The van der Waals surface area contributed by atoms with Gasteiger partial charge in [-0.3, -0.25) is 0 Å². The van der Waals surface area contributed by atoms with Gasteiger partial charge in [-0.15, -0.1) is 0 Å². The monoisotopic (exact) mass is 320 g/mol. The average molecular weight is 320 g/mol. The van der Waals surface area contributed by atoms with E-state index < -0.39 is 0 Å². The van der Waals surface area contributed by atoms with Gasteiger partial charge in [0.05, 0.1) is 6.04 Å². The van der Waals surface area contributed by atoms with Crippen LogP contribution in [0.25, 0.3) is 10.9 Å². The van der Waals surface area contributed by atoms with Crippen molar-refractivity contribution in [3.05, 3.63) is 58.3 Å². The average Bonchev–Trinajstić information content (AvgIpc) is 3.17. The van der Waals surface area contributed by atoms with E-state index in [-0.39, 0.29) is 6.04 Å². The minimum absolute atomic E-state index is 0.162. The highest BCUT2D eigenvalue weighted by Crippen LogP contribution is 2.39. The van der Waals surface area contributed by atoms with Crippen molar-refractivity contribution in [3.8, 4) is 11.5 Å². The molecule has 4 heteroatoms. The summed E-state index contributed by atoms with van der Waals surface area (Å²) in [4.78, 5) is 3.68. The largest absolute Gasteiger partial charge is 0.454 e. The van der Waals surface area contributed by atoms with Crippen LogP contribution >= 0.6 is 0 Å². The Bertz CT molecular complexity index is 958. The first-order valence-electron chi connectivity index (χ1n) is 8.45. The number of aryl methyl sites for hydroxylation is 2. The maximum absolute atomic E-state index is 5.55. The van der Waals surface area contributed by atoms with Crippen molar-refractivity contribution >= 4 is 10.9 Å². The van der Waals surface area contributed by atoms with Crippen LogP contribution in [0.4, 0.5) is 0 Å². The Morgan fingerprint density at radius 2 is 1.92 bits per heavy atom. The third kappa shape index (κ3) is 1.96. The number of H-pyrrole nitrogens is 1. The zero-order valence-electron chi connectivity index (χ0n) is 13.9. The lowest BCUT2D eigenvalue weighted by Crippen LogP contribution is -2.30. The standard InChI is InChI=1S/C20H20N2O2/c1-11-7-12(2)18-14-5-6-21-19(20(14)22-15(18)8-11)13-3-4-16-17(9-13)24-10-23-16/h3-4,7-9,19,21-22H,5-6,10H2,1-2H3. The number of fused-ring (bicyclic) bond motifs is 4. The van der Waals surface area contributed by atoms with Gasteiger partial charge in [0, 0.05) is 23.1 Å². The molecule has 0 radical (unpaired) electrons. The third-order valence-electron chi connectivity index (χ3n) is 5.12. The molecule has 24 heavy (non-hydrogen) atoms. The smallest absolute Gasteiger partial charge is 0.231 e. The quantitative estimate of drug-likeness (QED) is 0.718. The fourth-order valence-corrected chi connectivity index (χ4v) is 4.15. The van der Waals surface area contributed by atoms with Crippen LogP contribution in [0.1, 0.15) is 34.0 Å². The molecule has 0 saturated heterocycles. The van der Waals surface area contributed by atoms with Crippen molar-refractivity contribution < 1.29 is 9.47 Å². The van der Waals surface area contributed by atoms with Crippen LogP contribution in [0, 0.1) is 13.8 Å². The summed E-state index contributed by atoms with van der Waals surface area (Å²) in [5, 5.41) is 5.04. The SMILES string of the molecule is Cc1cc(C)c2c3c([nH]c2c1)C(c1ccc2c(c1)OCO2)NCC3. The summed E-state index contributed by atoms with van der Waals surface area (Å²) < 4.78 is 11.0. The fourth-order valence-electron chi connectivity index (χ4n) is 4.15. The van der Waals surface area contributed by atoms with Gasteiger partial charge in [0.1, 0.15) is 0 Å². The molecule has 0 fully saturated rings. The summed E-state index contributed by atoms with van der Waals surface area (Å²) >= 11 is 0. The Morgan fingerprint density at radius 3 is 2.83 bits per heavy atom. The van der Waals surface area contributed by atoms with Crippen molar-refractivity contribution in [2.45, 2.75) is 26.3 Å². The highest BCUT2D eigenvalue weighted by atomic mass is 16.7. The van der Waals surface area contributed by atoms with Crippen LogP contribution in [0.3, 0.4) is 0 Å². The van der Waals surface area contributed by atoms with Gasteiger partial charge in [0.25, 0.3) is 0 Å². The second-order valence-electron chi connectivity index (χ2n) is 6.77. The normalized spacial score (nSPS) is 18.8. The van der Waals surface area contributed by atoms with Gasteiger partial charge >= 0.3 is 0 Å². The molecule has 2 aliphatic rings. The fraction of sp³-hybridized carbons (Fsp3) is 0.300. The van der Waals surface area contributed by atoms with Gasteiger partial charge in [-0.1, -0.05) is 12.1 Å². The molecule has 0 aliphatic carbocycles. The van der Waals surface area contributed by atoms with Crippen molar-refractivity contribution in [1.29, 1.82) is 0 Å². The van der Waals surface area contributed by atoms with Gasteiger partial charge in [0.15, 0.2) is 11.5 Å². The Kier molecular flexibility index (Phi) is 2.91. The van der Waals surface area contributed by atoms with Gasteiger partial charge < -0.3 is 19.8 Å². The predicted octanol–water partition coefficient (Wildman–Crippen LogP) is 3.75. The molecule has 122 valence electrons. The van der Waals surface area contributed by atoms with E-state index in [9.17, 15) is 0 Å². The summed E-state index contributed by atoms with van der Waals surface area (Å²) in [6.07, 6.45) is 1.06. The summed E-state index contributed by atoms with van der Waals surface area (Å²) in [5.41, 5.74) is 7.83. The molecule has 3 heterocycles. The number of ether oxygens (including phenoxy) is 2. The number of benzene rings is 2. The topological polar surface area (TPSA) is 46.3 Å². The molecule has 1 unspecified atom stereocenters. The molecule has 4 nitrogen and oxygen atoms in total. The van der Waals surface area contributed by atoms with E-state index in [2.05, 4.69) is 48.4 Å². The number of hydrogen-bond donors (Lipinski definition) is 2. The Morgan fingerprint density at radius 1 is 1.04 bits per heavy atom. The van der Waals surface area contributed by atoms with E-state index in [0.29, 0.717) is 6.79 Å². The molecule has 3 aromatic rings. The minimum Gasteiger partial charge on any atom is -0.454 e. The zero-order chi connectivity index (χ0) is 16.3. The third-order valence-corrected chi connectivity index (χ3v) is 5.12. The number of aromatic amines is 1. The minimum atomic E-state index is 0.162. The van der Waals surface area contributed by atoms with Gasteiger partial charge in [-0.25, -0.2) is 0 Å². The number of rotatable bonds is 1. The van der Waals surface area contributed by atoms with Crippen LogP contribution in [-0.2, 0) is 6.42 Å². The Balaban J connectivity index is 1.68. The van der Waals surface area contributed by atoms with E-state index in [4.69, 9.17) is 9.47 Å². The molecule has 0 amide bonds. The molecule has 0 spiro atoms. The highest BCUT2D eigenvalue weighted by molar-refractivity contribution is 5.89. The molecular formula is C20H20N2O2. The molecular weight excluding hydrogens is 300 g/mol. The second kappa shape index (κ2) is 5.02. The first-order chi connectivity index (χ1) is 11.7. The van der Waals surface area contributed by atoms with Crippen LogP contribution < -0.4 is 14.8 Å². The molecule has 2 aliphatic heterocycles. The summed E-state index contributed by atoms with van der Waals surface area (Å²) in [6.45, 7) is 5.65. The van der Waals surface area contributed by atoms with Crippen LogP contribution in [-0.4, -0.2) is 18.3 Å². The molecule has 0 bridgehead atoms.